The van der Waals surface area contributed by atoms with E-state index in [9.17, 15) is 4.79 Å². The smallest absolute Gasteiger partial charge is 0.251 e. The zero-order chi connectivity index (χ0) is 20.1. The maximum Gasteiger partial charge on any atom is 0.251 e. The fourth-order valence-electron chi connectivity index (χ4n) is 3.52. The fraction of sp³-hybridized carbons (Fsp3) is 0.217. The maximum atomic E-state index is 12.6. The van der Waals surface area contributed by atoms with Crippen LogP contribution in [0.5, 0.6) is 0 Å². The molecular weight excluding hydrogens is 384 g/mol. The first-order valence-corrected chi connectivity index (χ1v) is 10.1. The summed E-state index contributed by atoms with van der Waals surface area (Å²) in [4.78, 5) is 19.4. The van der Waals surface area contributed by atoms with Crippen molar-refractivity contribution in [2.24, 2.45) is 0 Å². The Morgan fingerprint density at radius 1 is 1.14 bits per heavy atom. The summed E-state index contributed by atoms with van der Waals surface area (Å²) < 4.78 is 0. The molecule has 2 heterocycles. The molecule has 1 fully saturated rings. The number of benzene rings is 2. The van der Waals surface area contributed by atoms with E-state index in [0.717, 1.165) is 31.0 Å². The number of piperazine rings is 1. The monoisotopic (exact) mass is 406 g/mol. The van der Waals surface area contributed by atoms with Crippen LogP contribution >= 0.6 is 11.6 Å². The lowest BCUT2D eigenvalue weighted by molar-refractivity contribution is 0.0951. The Morgan fingerprint density at radius 2 is 1.93 bits per heavy atom. The first kappa shape index (κ1) is 19.4. The summed E-state index contributed by atoms with van der Waals surface area (Å²) in [5.41, 5.74) is 2.74. The van der Waals surface area contributed by atoms with Gasteiger partial charge in [0.1, 0.15) is 5.82 Å². The lowest BCUT2D eigenvalue weighted by Crippen LogP contribution is -2.46. The van der Waals surface area contributed by atoms with Gasteiger partial charge in [-0.3, -0.25) is 4.79 Å². The SMILES string of the molecule is O=C(NCc1ccccc1Cl)c1ccnc(N2CCN[C@@H](c3ccccc3)C2)c1. The average molecular weight is 407 g/mol. The summed E-state index contributed by atoms with van der Waals surface area (Å²) in [5.74, 6) is 0.682. The van der Waals surface area contributed by atoms with E-state index in [-0.39, 0.29) is 11.9 Å². The van der Waals surface area contributed by atoms with Gasteiger partial charge >= 0.3 is 0 Å². The van der Waals surface area contributed by atoms with Gasteiger partial charge in [0.15, 0.2) is 0 Å². The van der Waals surface area contributed by atoms with Gasteiger partial charge in [-0.25, -0.2) is 4.98 Å². The lowest BCUT2D eigenvalue weighted by Gasteiger charge is -2.34. The van der Waals surface area contributed by atoms with Gasteiger partial charge in [0.2, 0.25) is 0 Å². The van der Waals surface area contributed by atoms with Crippen LogP contribution in [0.3, 0.4) is 0 Å². The lowest BCUT2D eigenvalue weighted by atomic mass is 10.0. The molecule has 6 heteroatoms. The minimum Gasteiger partial charge on any atom is -0.353 e. The molecule has 0 unspecified atom stereocenters. The average Bonchev–Trinajstić information content (AvgIpc) is 2.79. The standard InChI is InChI=1S/C23H23ClN4O/c24-20-9-5-4-8-19(20)15-27-23(29)18-10-11-26-22(14-18)28-13-12-25-21(16-28)17-6-2-1-3-7-17/h1-11,14,21,25H,12-13,15-16H2,(H,27,29)/t21-/m1/s1. The summed E-state index contributed by atoms with van der Waals surface area (Å²) >= 11 is 6.17. The number of hydrogen-bond donors (Lipinski definition) is 2. The molecule has 1 aliphatic rings. The molecule has 2 aromatic carbocycles. The van der Waals surface area contributed by atoms with E-state index in [2.05, 4.69) is 44.8 Å². The Kier molecular flexibility index (Phi) is 6.08. The van der Waals surface area contributed by atoms with Crippen LogP contribution in [0.25, 0.3) is 0 Å². The van der Waals surface area contributed by atoms with Gasteiger partial charge in [-0.2, -0.15) is 0 Å². The molecule has 1 aromatic heterocycles. The number of pyridine rings is 1. The third-order valence-corrected chi connectivity index (χ3v) is 5.48. The van der Waals surface area contributed by atoms with Crippen molar-refractivity contribution in [3.8, 4) is 0 Å². The quantitative estimate of drug-likeness (QED) is 0.676. The van der Waals surface area contributed by atoms with Crippen LogP contribution in [-0.2, 0) is 6.54 Å². The summed E-state index contributed by atoms with van der Waals surface area (Å²) in [6.07, 6.45) is 1.69. The number of nitrogens with one attached hydrogen (secondary N) is 2. The predicted octanol–water partition coefficient (Wildman–Crippen LogP) is 3.82. The van der Waals surface area contributed by atoms with E-state index in [1.54, 1.807) is 12.3 Å². The normalized spacial score (nSPS) is 16.4. The molecule has 0 radical (unpaired) electrons. The number of amides is 1. The summed E-state index contributed by atoms with van der Waals surface area (Å²) in [7, 11) is 0. The molecule has 0 bridgehead atoms. The first-order chi connectivity index (χ1) is 14.2. The predicted molar refractivity (Wildman–Crippen MR) is 116 cm³/mol. The molecule has 29 heavy (non-hydrogen) atoms. The van der Waals surface area contributed by atoms with Crippen LogP contribution in [0.4, 0.5) is 5.82 Å². The minimum absolute atomic E-state index is 0.136. The highest BCUT2D eigenvalue weighted by Crippen LogP contribution is 2.22. The Hall–Kier alpha value is -2.89. The molecule has 2 N–H and O–H groups in total. The Balaban J connectivity index is 1.44. The number of nitrogens with zero attached hydrogens (tertiary/aromatic N) is 2. The van der Waals surface area contributed by atoms with Crippen molar-refractivity contribution < 1.29 is 4.79 Å². The van der Waals surface area contributed by atoms with Crippen molar-refractivity contribution in [3.05, 3.63) is 94.6 Å². The van der Waals surface area contributed by atoms with Gasteiger partial charge in [-0.05, 0) is 29.3 Å². The molecule has 148 valence electrons. The fourth-order valence-corrected chi connectivity index (χ4v) is 3.72. The molecule has 0 aliphatic carbocycles. The van der Waals surface area contributed by atoms with Crippen molar-refractivity contribution in [2.45, 2.75) is 12.6 Å². The van der Waals surface area contributed by atoms with E-state index < -0.39 is 0 Å². The Bertz CT molecular complexity index is 979. The highest BCUT2D eigenvalue weighted by Gasteiger charge is 2.22. The Labute approximate surface area is 175 Å². The molecule has 5 nitrogen and oxygen atoms in total. The summed E-state index contributed by atoms with van der Waals surface area (Å²) in [6.45, 7) is 2.91. The van der Waals surface area contributed by atoms with E-state index in [4.69, 9.17) is 11.6 Å². The minimum atomic E-state index is -0.136. The molecule has 0 saturated carbocycles. The van der Waals surface area contributed by atoms with Crippen LogP contribution in [0.1, 0.15) is 27.5 Å². The van der Waals surface area contributed by atoms with Crippen LogP contribution in [0.15, 0.2) is 72.9 Å². The number of carbonyl (C=O) groups excluding carboxylic acids is 1. The molecule has 1 aliphatic heterocycles. The van der Waals surface area contributed by atoms with Crippen molar-refractivity contribution >= 4 is 23.3 Å². The number of rotatable bonds is 5. The molecule has 4 rings (SSSR count). The van der Waals surface area contributed by atoms with Gasteiger partial charge in [-0.1, -0.05) is 60.1 Å². The molecule has 1 atom stereocenters. The molecule has 1 saturated heterocycles. The third-order valence-electron chi connectivity index (χ3n) is 5.11. The molecule has 1 amide bonds. The number of carbonyl (C=O) groups is 1. The number of hydrogen-bond acceptors (Lipinski definition) is 4. The van der Waals surface area contributed by atoms with E-state index in [0.29, 0.717) is 17.1 Å². The maximum absolute atomic E-state index is 12.6. The second-order valence-electron chi connectivity index (χ2n) is 7.04. The number of halogens is 1. The Morgan fingerprint density at radius 3 is 2.76 bits per heavy atom. The van der Waals surface area contributed by atoms with E-state index in [1.807, 2.05) is 36.4 Å². The number of aromatic nitrogens is 1. The number of anilines is 1. The van der Waals surface area contributed by atoms with Gasteiger partial charge < -0.3 is 15.5 Å². The van der Waals surface area contributed by atoms with Crippen LogP contribution < -0.4 is 15.5 Å². The zero-order valence-electron chi connectivity index (χ0n) is 16.0. The van der Waals surface area contributed by atoms with Crippen LogP contribution in [0, 0.1) is 0 Å². The summed E-state index contributed by atoms with van der Waals surface area (Å²) in [5, 5.41) is 7.14. The second-order valence-corrected chi connectivity index (χ2v) is 7.45. The molecular formula is C23H23ClN4O. The van der Waals surface area contributed by atoms with Crippen molar-refractivity contribution in [3.63, 3.8) is 0 Å². The zero-order valence-corrected chi connectivity index (χ0v) is 16.8. The summed E-state index contributed by atoms with van der Waals surface area (Å²) in [6, 6.07) is 21.7. The van der Waals surface area contributed by atoms with Gasteiger partial charge in [0.25, 0.3) is 5.91 Å². The third kappa shape index (κ3) is 4.75. The first-order valence-electron chi connectivity index (χ1n) is 9.71. The van der Waals surface area contributed by atoms with E-state index >= 15 is 0 Å². The molecule has 3 aromatic rings. The highest BCUT2D eigenvalue weighted by molar-refractivity contribution is 6.31. The van der Waals surface area contributed by atoms with E-state index in [1.165, 1.54) is 5.56 Å². The topological polar surface area (TPSA) is 57.3 Å². The van der Waals surface area contributed by atoms with Crippen LogP contribution in [0.2, 0.25) is 5.02 Å². The van der Waals surface area contributed by atoms with Crippen molar-refractivity contribution in [1.82, 2.24) is 15.6 Å². The van der Waals surface area contributed by atoms with Crippen molar-refractivity contribution in [1.29, 1.82) is 0 Å². The van der Waals surface area contributed by atoms with Crippen molar-refractivity contribution in [2.75, 3.05) is 24.5 Å². The van der Waals surface area contributed by atoms with Gasteiger partial charge in [0, 0.05) is 49.0 Å². The van der Waals surface area contributed by atoms with Gasteiger partial charge in [0.05, 0.1) is 0 Å². The molecule has 0 spiro atoms. The highest BCUT2D eigenvalue weighted by atomic mass is 35.5. The largest absolute Gasteiger partial charge is 0.353 e. The van der Waals surface area contributed by atoms with Gasteiger partial charge in [-0.15, -0.1) is 0 Å². The second kappa shape index (κ2) is 9.07. The van der Waals surface area contributed by atoms with Crippen LogP contribution in [-0.4, -0.2) is 30.5 Å².